The van der Waals surface area contributed by atoms with E-state index in [0.29, 0.717) is 11.6 Å². The lowest BCUT2D eigenvalue weighted by molar-refractivity contribution is -0.114. The minimum atomic E-state index is -2.72. The molecule has 0 unspecified atom stereocenters. The molecule has 0 radical (unpaired) electrons. The normalized spacial score (nSPS) is 11.9. The zero-order valence-corrected chi connectivity index (χ0v) is 21.3. The van der Waals surface area contributed by atoms with Crippen LogP contribution in [-0.2, 0) is 15.8 Å². The fourth-order valence-corrected chi connectivity index (χ4v) is 8.85. The summed E-state index contributed by atoms with van der Waals surface area (Å²) in [7, 11) is -2.72. The molecule has 180 valence electrons. The summed E-state index contributed by atoms with van der Waals surface area (Å²) in [5.41, 5.74) is -0.551. The molecule has 2 heterocycles. The van der Waals surface area contributed by atoms with E-state index in [4.69, 9.17) is 8.84 Å². The maximum absolute atomic E-state index is 12.5. The van der Waals surface area contributed by atoms with Gasteiger partial charge in [0, 0.05) is 19.2 Å². The van der Waals surface area contributed by atoms with Crippen LogP contribution < -0.4 is 21.4 Å². The number of amides is 1. The van der Waals surface area contributed by atoms with Gasteiger partial charge in [-0.15, -0.1) is 0 Å². The number of hydrogen-bond donors (Lipinski definition) is 1. The quantitative estimate of drug-likeness (QED) is 0.400. The van der Waals surface area contributed by atoms with E-state index in [1.807, 2.05) is 36.4 Å². The fourth-order valence-electron chi connectivity index (χ4n) is 4.34. The molecule has 0 saturated carbocycles. The largest absolute Gasteiger partial charge is 0.442 e. The minimum Gasteiger partial charge on any atom is -0.442 e. The van der Waals surface area contributed by atoms with Gasteiger partial charge in [-0.2, -0.15) is 4.98 Å². The molecule has 0 aliphatic carbocycles. The molecular weight excluding hydrogens is 458 g/mol. The second-order valence-corrected chi connectivity index (χ2v) is 13.6. The maximum atomic E-state index is 12.5. The third kappa shape index (κ3) is 5.03. The average molecular weight is 488 g/mol. The zero-order chi connectivity index (χ0) is 25.1. The highest BCUT2D eigenvalue weighted by Crippen LogP contribution is 2.37. The summed E-state index contributed by atoms with van der Waals surface area (Å²) in [6.45, 7) is 8.26. The molecule has 2 aromatic heterocycles. The summed E-state index contributed by atoms with van der Waals surface area (Å²) in [6, 6.07) is 25.8. The Bertz CT molecular complexity index is 1320. The number of rotatable bonds is 7. The van der Waals surface area contributed by atoms with Crippen molar-refractivity contribution in [2.24, 2.45) is 0 Å². The second kappa shape index (κ2) is 9.85. The van der Waals surface area contributed by atoms with Crippen LogP contribution in [0, 0.1) is 0 Å². The van der Waals surface area contributed by atoms with Gasteiger partial charge in [0.2, 0.25) is 11.8 Å². The van der Waals surface area contributed by atoms with Gasteiger partial charge in [0.05, 0.1) is 6.61 Å². The molecule has 8 heteroatoms. The van der Waals surface area contributed by atoms with Crippen molar-refractivity contribution < 1.29 is 13.6 Å². The summed E-state index contributed by atoms with van der Waals surface area (Å²) in [5, 5.41) is 4.70. The average Bonchev–Trinajstić information content (AvgIpc) is 3.28. The second-order valence-electron chi connectivity index (χ2n) is 9.34. The number of nitrogens with zero attached hydrogens (tertiary/aromatic N) is 2. The molecule has 7 nitrogen and oxygen atoms in total. The van der Waals surface area contributed by atoms with Crippen molar-refractivity contribution in [3.63, 3.8) is 0 Å². The fraction of sp³-hybridized carbons (Fsp3) is 0.222. The van der Waals surface area contributed by atoms with Crippen molar-refractivity contribution in [2.45, 2.75) is 39.3 Å². The number of carbonyl (C=O) groups is 1. The summed E-state index contributed by atoms with van der Waals surface area (Å²) >= 11 is 0. The SMILES string of the molecule is CC(=O)Nc1ccn(-c2ccc(CO[Si](c3ccccc3)(c3ccccc3)C(C)(C)C)o2)c(=O)n1. The van der Waals surface area contributed by atoms with Crippen LogP contribution in [0.4, 0.5) is 5.82 Å². The van der Waals surface area contributed by atoms with Crippen LogP contribution in [-0.4, -0.2) is 23.8 Å². The number of hydrogen-bond acceptors (Lipinski definition) is 5. The first-order valence-electron chi connectivity index (χ1n) is 11.4. The molecule has 0 bridgehead atoms. The summed E-state index contributed by atoms with van der Waals surface area (Å²) < 4.78 is 14.2. The van der Waals surface area contributed by atoms with Crippen LogP contribution in [0.1, 0.15) is 33.5 Å². The Labute approximate surface area is 205 Å². The predicted octanol–water partition coefficient (Wildman–Crippen LogP) is 3.86. The number of carbonyl (C=O) groups excluding carboxylic acids is 1. The van der Waals surface area contributed by atoms with Crippen molar-refractivity contribution in [1.29, 1.82) is 0 Å². The molecule has 1 amide bonds. The summed E-state index contributed by atoms with van der Waals surface area (Å²) in [4.78, 5) is 27.6. The highest BCUT2D eigenvalue weighted by Gasteiger charge is 2.50. The highest BCUT2D eigenvalue weighted by molar-refractivity contribution is 6.99. The molecule has 4 rings (SSSR count). The molecule has 0 aliphatic heterocycles. The van der Waals surface area contributed by atoms with Crippen LogP contribution in [0.25, 0.3) is 5.88 Å². The molecular formula is C27H29N3O4Si. The van der Waals surface area contributed by atoms with Crippen LogP contribution in [0.15, 0.2) is 94.3 Å². The van der Waals surface area contributed by atoms with Crippen LogP contribution in [0.5, 0.6) is 0 Å². The Morgan fingerprint density at radius 2 is 1.57 bits per heavy atom. The van der Waals surface area contributed by atoms with Gasteiger partial charge in [0.25, 0.3) is 8.32 Å². The van der Waals surface area contributed by atoms with Crippen LogP contribution in [0.2, 0.25) is 5.04 Å². The Morgan fingerprint density at radius 3 is 2.09 bits per heavy atom. The first-order valence-corrected chi connectivity index (χ1v) is 13.3. The van der Waals surface area contributed by atoms with Crippen LogP contribution in [0.3, 0.4) is 0 Å². The highest BCUT2D eigenvalue weighted by atomic mass is 28.4. The van der Waals surface area contributed by atoms with E-state index in [-0.39, 0.29) is 23.4 Å². The van der Waals surface area contributed by atoms with E-state index in [1.165, 1.54) is 28.1 Å². The van der Waals surface area contributed by atoms with E-state index >= 15 is 0 Å². The molecule has 0 aliphatic rings. The lowest BCUT2D eigenvalue weighted by Crippen LogP contribution is -2.66. The lowest BCUT2D eigenvalue weighted by Gasteiger charge is -2.42. The number of anilines is 1. The maximum Gasteiger partial charge on any atom is 0.356 e. The monoisotopic (exact) mass is 487 g/mol. The van der Waals surface area contributed by atoms with Crippen molar-refractivity contribution >= 4 is 30.4 Å². The van der Waals surface area contributed by atoms with E-state index in [2.05, 4.69) is 55.3 Å². The van der Waals surface area contributed by atoms with E-state index in [0.717, 1.165) is 0 Å². The standard InChI is InChI=1S/C27H29N3O4Si/c1-20(31)28-24-17-18-30(26(32)29-24)25-16-15-21(34-25)19-33-35(27(2,3)4,22-11-7-5-8-12-22)23-13-9-6-10-14-23/h5-18H,19H2,1-4H3,(H,28,29,31,32). The Morgan fingerprint density at radius 1 is 0.971 bits per heavy atom. The van der Waals surface area contributed by atoms with Crippen LogP contribution >= 0.6 is 0 Å². The first-order chi connectivity index (χ1) is 16.7. The molecule has 2 aromatic carbocycles. The molecule has 35 heavy (non-hydrogen) atoms. The third-order valence-corrected chi connectivity index (χ3v) is 10.8. The Balaban J connectivity index is 1.66. The topological polar surface area (TPSA) is 86.4 Å². The van der Waals surface area contributed by atoms with Crippen molar-refractivity contribution in [1.82, 2.24) is 9.55 Å². The molecule has 1 N–H and O–H groups in total. The van der Waals surface area contributed by atoms with Gasteiger partial charge in [-0.3, -0.25) is 4.79 Å². The molecule has 0 saturated heterocycles. The van der Waals surface area contributed by atoms with E-state index < -0.39 is 14.0 Å². The predicted molar refractivity (Wildman–Crippen MR) is 139 cm³/mol. The molecule has 0 fully saturated rings. The first kappa shape index (κ1) is 24.4. The molecule has 4 aromatic rings. The van der Waals surface area contributed by atoms with Gasteiger partial charge in [-0.1, -0.05) is 81.4 Å². The minimum absolute atomic E-state index is 0.161. The number of benzene rings is 2. The number of aromatic nitrogens is 2. The van der Waals surface area contributed by atoms with Gasteiger partial charge < -0.3 is 14.2 Å². The number of furan rings is 1. The lowest BCUT2D eigenvalue weighted by atomic mass is 10.2. The van der Waals surface area contributed by atoms with Crippen molar-refractivity contribution in [2.75, 3.05) is 5.32 Å². The van der Waals surface area contributed by atoms with Gasteiger partial charge >= 0.3 is 5.69 Å². The zero-order valence-electron chi connectivity index (χ0n) is 20.3. The van der Waals surface area contributed by atoms with Crippen molar-refractivity contribution in [3.05, 3.63) is 101 Å². The summed E-state index contributed by atoms with van der Waals surface area (Å²) in [6.07, 6.45) is 1.52. The van der Waals surface area contributed by atoms with Gasteiger partial charge in [-0.25, -0.2) is 9.36 Å². The van der Waals surface area contributed by atoms with E-state index in [1.54, 1.807) is 18.2 Å². The Hall–Kier alpha value is -3.75. The third-order valence-electron chi connectivity index (χ3n) is 5.84. The van der Waals surface area contributed by atoms with Gasteiger partial charge in [-0.05, 0) is 27.5 Å². The van der Waals surface area contributed by atoms with E-state index in [9.17, 15) is 9.59 Å². The smallest absolute Gasteiger partial charge is 0.356 e. The molecule has 0 spiro atoms. The van der Waals surface area contributed by atoms with Gasteiger partial charge in [0.1, 0.15) is 11.6 Å². The van der Waals surface area contributed by atoms with Gasteiger partial charge in [0.15, 0.2) is 0 Å². The summed E-state index contributed by atoms with van der Waals surface area (Å²) in [5.74, 6) is 0.833. The Kier molecular flexibility index (Phi) is 6.86. The number of nitrogens with one attached hydrogen (secondary N) is 1. The molecule has 0 atom stereocenters. The van der Waals surface area contributed by atoms with Crippen molar-refractivity contribution in [3.8, 4) is 5.88 Å².